The highest BCUT2D eigenvalue weighted by atomic mass is 35.5. The molecule has 0 aliphatic heterocycles. The van der Waals surface area contributed by atoms with Gasteiger partial charge in [0.05, 0.1) is 21.9 Å². The largest absolute Gasteiger partial charge is 0.469 e. The van der Waals surface area contributed by atoms with Crippen molar-refractivity contribution in [3.05, 3.63) is 57.5 Å². The molecule has 4 heteroatoms. The van der Waals surface area contributed by atoms with Crippen molar-refractivity contribution in [3.63, 3.8) is 0 Å². The maximum atomic E-state index is 12.0. The van der Waals surface area contributed by atoms with E-state index in [1.165, 1.54) is 6.26 Å². The fourth-order valence-electron chi connectivity index (χ4n) is 1.41. The molecule has 0 aliphatic rings. The van der Waals surface area contributed by atoms with Crippen molar-refractivity contribution in [2.75, 3.05) is 0 Å². The summed E-state index contributed by atoms with van der Waals surface area (Å²) in [7, 11) is 0. The minimum absolute atomic E-state index is 0.121. The Balaban J connectivity index is 2.42. The second-order valence-electron chi connectivity index (χ2n) is 3.35. The highest BCUT2D eigenvalue weighted by molar-refractivity contribution is 6.42. The first-order valence-corrected chi connectivity index (χ1v) is 5.39. The van der Waals surface area contributed by atoms with E-state index >= 15 is 0 Å². The molecule has 0 N–H and O–H groups in total. The van der Waals surface area contributed by atoms with Crippen LogP contribution in [0.15, 0.2) is 34.9 Å². The lowest BCUT2D eigenvalue weighted by Crippen LogP contribution is -2.01. The monoisotopic (exact) mass is 254 g/mol. The Labute approximate surface area is 103 Å². The van der Waals surface area contributed by atoms with Gasteiger partial charge in [0.25, 0.3) is 0 Å². The number of hydrogen-bond acceptors (Lipinski definition) is 2. The SMILES string of the molecule is Cc1occc1C(=O)c1ccc(Cl)c(Cl)c1. The van der Waals surface area contributed by atoms with E-state index in [4.69, 9.17) is 27.6 Å². The number of aryl methyl sites for hydroxylation is 1. The van der Waals surface area contributed by atoms with E-state index in [9.17, 15) is 4.79 Å². The van der Waals surface area contributed by atoms with E-state index < -0.39 is 0 Å². The lowest BCUT2D eigenvalue weighted by Gasteiger charge is -2.01. The number of ketones is 1. The lowest BCUT2D eigenvalue weighted by atomic mass is 10.0. The summed E-state index contributed by atoms with van der Waals surface area (Å²) in [6.07, 6.45) is 1.49. The van der Waals surface area contributed by atoms with E-state index in [1.807, 2.05) is 0 Å². The van der Waals surface area contributed by atoms with Gasteiger partial charge in [-0.15, -0.1) is 0 Å². The predicted octanol–water partition coefficient (Wildman–Crippen LogP) is 4.13. The van der Waals surface area contributed by atoms with Gasteiger partial charge >= 0.3 is 0 Å². The van der Waals surface area contributed by atoms with Gasteiger partial charge in [0.1, 0.15) is 5.76 Å². The van der Waals surface area contributed by atoms with Gasteiger partial charge in [-0.2, -0.15) is 0 Å². The molecule has 82 valence electrons. The van der Waals surface area contributed by atoms with Crippen molar-refractivity contribution < 1.29 is 9.21 Å². The zero-order valence-corrected chi connectivity index (χ0v) is 9.97. The molecular formula is C12H8Cl2O2. The highest BCUT2D eigenvalue weighted by Gasteiger charge is 2.14. The standard InChI is InChI=1S/C12H8Cl2O2/c1-7-9(4-5-16-7)12(15)8-2-3-10(13)11(14)6-8/h2-6H,1H3. The first-order chi connectivity index (χ1) is 7.59. The van der Waals surface area contributed by atoms with Crippen LogP contribution in [-0.4, -0.2) is 5.78 Å². The summed E-state index contributed by atoms with van der Waals surface area (Å²) in [5.74, 6) is 0.473. The molecule has 16 heavy (non-hydrogen) atoms. The molecule has 0 radical (unpaired) electrons. The molecule has 2 nitrogen and oxygen atoms in total. The second-order valence-corrected chi connectivity index (χ2v) is 4.16. The van der Waals surface area contributed by atoms with Crippen LogP contribution in [0.4, 0.5) is 0 Å². The summed E-state index contributed by atoms with van der Waals surface area (Å²) in [5.41, 5.74) is 1.04. The topological polar surface area (TPSA) is 30.2 Å². The Bertz CT molecular complexity index is 544. The number of furan rings is 1. The van der Waals surface area contributed by atoms with Crippen molar-refractivity contribution in [1.82, 2.24) is 0 Å². The van der Waals surface area contributed by atoms with Crippen LogP contribution >= 0.6 is 23.2 Å². The fourth-order valence-corrected chi connectivity index (χ4v) is 1.71. The van der Waals surface area contributed by atoms with Gasteiger partial charge in [-0.05, 0) is 31.2 Å². The number of rotatable bonds is 2. The third-order valence-electron chi connectivity index (χ3n) is 2.29. The van der Waals surface area contributed by atoms with Gasteiger partial charge < -0.3 is 4.42 Å². The van der Waals surface area contributed by atoms with Crippen molar-refractivity contribution >= 4 is 29.0 Å². The summed E-state index contributed by atoms with van der Waals surface area (Å²) in [4.78, 5) is 12.0. The zero-order chi connectivity index (χ0) is 11.7. The Morgan fingerprint density at radius 1 is 1.19 bits per heavy atom. The van der Waals surface area contributed by atoms with Crippen molar-refractivity contribution in [3.8, 4) is 0 Å². The Kier molecular flexibility index (Phi) is 3.03. The Morgan fingerprint density at radius 2 is 1.94 bits per heavy atom. The maximum absolute atomic E-state index is 12.0. The molecule has 0 atom stereocenters. The summed E-state index contributed by atoms with van der Waals surface area (Å²) in [5, 5.41) is 0.802. The lowest BCUT2D eigenvalue weighted by molar-refractivity contribution is 0.103. The second kappa shape index (κ2) is 4.32. The van der Waals surface area contributed by atoms with Gasteiger partial charge in [0, 0.05) is 5.56 Å². The normalized spacial score (nSPS) is 10.4. The molecule has 0 amide bonds. The number of benzene rings is 1. The predicted molar refractivity (Wildman–Crippen MR) is 63.3 cm³/mol. The molecule has 1 aromatic carbocycles. The molecular weight excluding hydrogens is 247 g/mol. The van der Waals surface area contributed by atoms with E-state index in [2.05, 4.69) is 0 Å². The summed E-state index contributed by atoms with van der Waals surface area (Å²) in [6, 6.07) is 6.44. The van der Waals surface area contributed by atoms with Crippen LogP contribution in [0.2, 0.25) is 10.0 Å². The highest BCUT2D eigenvalue weighted by Crippen LogP contribution is 2.24. The van der Waals surface area contributed by atoms with Gasteiger partial charge in [0.2, 0.25) is 0 Å². The number of carbonyl (C=O) groups excluding carboxylic acids is 1. The van der Waals surface area contributed by atoms with Crippen LogP contribution in [0.3, 0.4) is 0 Å². The minimum Gasteiger partial charge on any atom is -0.469 e. The first-order valence-electron chi connectivity index (χ1n) is 4.63. The molecule has 1 heterocycles. The molecule has 0 saturated carbocycles. The molecule has 0 unspecified atom stereocenters. The van der Waals surface area contributed by atoms with E-state index in [0.717, 1.165) is 0 Å². The quantitative estimate of drug-likeness (QED) is 0.755. The number of carbonyl (C=O) groups is 1. The Hall–Kier alpha value is -1.25. The molecule has 0 saturated heterocycles. The van der Waals surface area contributed by atoms with Crippen LogP contribution in [-0.2, 0) is 0 Å². The molecule has 0 bridgehead atoms. The average Bonchev–Trinajstić information content (AvgIpc) is 2.67. The molecule has 1 aromatic heterocycles. The number of hydrogen-bond donors (Lipinski definition) is 0. The number of halogens is 2. The zero-order valence-electron chi connectivity index (χ0n) is 8.46. The van der Waals surface area contributed by atoms with Crippen molar-refractivity contribution in [1.29, 1.82) is 0 Å². The van der Waals surface area contributed by atoms with Crippen LogP contribution in [0.25, 0.3) is 0 Å². The van der Waals surface area contributed by atoms with Crippen molar-refractivity contribution in [2.45, 2.75) is 6.92 Å². The van der Waals surface area contributed by atoms with Crippen LogP contribution in [0.1, 0.15) is 21.7 Å². The van der Waals surface area contributed by atoms with E-state index in [-0.39, 0.29) is 5.78 Å². The van der Waals surface area contributed by atoms with Crippen LogP contribution in [0.5, 0.6) is 0 Å². The fraction of sp³-hybridized carbons (Fsp3) is 0.0833. The molecule has 2 aromatic rings. The first kappa shape index (κ1) is 11.2. The van der Waals surface area contributed by atoms with Crippen LogP contribution in [0, 0.1) is 6.92 Å². The van der Waals surface area contributed by atoms with Crippen LogP contribution < -0.4 is 0 Å². The minimum atomic E-state index is -0.121. The maximum Gasteiger partial charge on any atom is 0.196 e. The molecule has 0 aliphatic carbocycles. The van der Waals surface area contributed by atoms with Gasteiger partial charge in [-0.25, -0.2) is 0 Å². The van der Waals surface area contributed by atoms with E-state index in [1.54, 1.807) is 31.2 Å². The third kappa shape index (κ3) is 1.99. The smallest absolute Gasteiger partial charge is 0.196 e. The van der Waals surface area contributed by atoms with Gasteiger partial charge in [-0.3, -0.25) is 4.79 Å². The summed E-state index contributed by atoms with van der Waals surface area (Å²) >= 11 is 11.6. The molecule has 0 spiro atoms. The molecule has 0 fully saturated rings. The molecule has 2 rings (SSSR count). The van der Waals surface area contributed by atoms with E-state index in [0.29, 0.717) is 26.9 Å². The van der Waals surface area contributed by atoms with Gasteiger partial charge in [0.15, 0.2) is 5.78 Å². The third-order valence-corrected chi connectivity index (χ3v) is 3.02. The van der Waals surface area contributed by atoms with Crippen molar-refractivity contribution in [2.24, 2.45) is 0 Å². The average molecular weight is 255 g/mol. The summed E-state index contributed by atoms with van der Waals surface area (Å²) in [6.45, 7) is 1.74. The van der Waals surface area contributed by atoms with Gasteiger partial charge in [-0.1, -0.05) is 23.2 Å². The summed E-state index contributed by atoms with van der Waals surface area (Å²) < 4.78 is 5.08. The Morgan fingerprint density at radius 3 is 2.50 bits per heavy atom.